The lowest BCUT2D eigenvalue weighted by atomic mass is 9.96. The number of rotatable bonds is 6. The number of benzene rings is 2. The Bertz CT molecular complexity index is 1610. The molecule has 0 fully saturated rings. The smallest absolute Gasteiger partial charge is 0.338 e. The summed E-state index contributed by atoms with van der Waals surface area (Å²) in [7, 11) is 0. The number of nitro groups is 1. The zero-order chi connectivity index (χ0) is 27.0. The van der Waals surface area contributed by atoms with Gasteiger partial charge in [0.25, 0.3) is 5.69 Å². The van der Waals surface area contributed by atoms with Crippen LogP contribution in [0, 0.1) is 21.4 Å². The van der Waals surface area contributed by atoms with E-state index in [-0.39, 0.29) is 50.7 Å². The van der Waals surface area contributed by atoms with Crippen LogP contribution in [0.2, 0.25) is 5.02 Å². The molecule has 2 aromatic carbocycles. The summed E-state index contributed by atoms with van der Waals surface area (Å²) in [6.07, 6.45) is 0. The molecule has 0 bridgehead atoms. The number of fused-ring (bicyclic) bond motifs is 1. The minimum atomic E-state index is -0.963. The van der Waals surface area contributed by atoms with Gasteiger partial charge >= 0.3 is 5.97 Å². The van der Waals surface area contributed by atoms with Crippen LogP contribution in [0.4, 0.5) is 5.69 Å². The van der Waals surface area contributed by atoms with Crippen molar-refractivity contribution in [2.45, 2.75) is 13.0 Å². The molecule has 10 nitrogen and oxygen atoms in total. The van der Waals surface area contributed by atoms with Gasteiger partial charge in [-0.15, -0.1) is 0 Å². The molecule has 0 aliphatic carbocycles. The Hall–Kier alpha value is -4.53. The zero-order valence-corrected chi connectivity index (χ0v) is 21.3. The number of aliphatic imine (C=N–C) groups is 1. The quantitative estimate of drug-likeness (QED) is 0.236. The van der Waals surface area contributed by atoms with Gasteiger partial charge in [0.05, 0.1) is 28.4 Å². The number of nitrogens with two attached hydrogens (primary N) is 1. The molecule has 0 spiro atoms. The van der Waals surface area contributed by atoms with Gasteiger partial charge in [0.2, 0.25) is 0 Å². The van der Waals surface area contributed by atoms with Crippen LogP contribution in [0.5, 0.6) is 0 Å². The van der Waals surface area contributed by atoms with Crippen LogP contribution in [0.25, 0.3) is 17.0 Å². The minimum Gasteiger partial charge on any atom is -0.463 e. The molecule has 1 atom stereocenters. The normalized spacial score (nSPS) is 16.7. The largest absolute Gasteiger partial charge is 0.463 e. The first kappa shape index (κ1) is 25.1. The van der Waals surface area contributed by atoms with Crippen molar-refractivity contribution in [3.8, 4) is 17.4 Å². The van der Waals surface area contributed by atoms with E-state index in [4.69, 9.17) is 31.5 Å². The summed E-state index contributed by atoms with van der Waals surface area (Å²) in [6, 6.07) is 17.6. The number of carbonyl (C=O) groups excluding carboxylic acids is 1. The number of hydrogen-bond acceptors (Lipinski definition) is 10. The van der Waals surface area contributed by atoms with Gasteiger partial charge in [-0.05, 0) is 43.0 Å². The van der Waals surface area contributed by atoms with E-state index < -0.39 is 16.9 Å². The van der Waals surface area contributed by atoms with Crippen LogP contribution >= 0.6 is 23.4 Å². The molecule has 2 aliphatic rings. The number of nitriles is 1. The van der Waals surface area contributed by atoms with Crippen LogP contribution in [0.15, 0.2) is 86.4 Å². The number of thioether (sulfide) groups is 1. The molecular weight excluding hydrogens is 530 g/mol. The second-order valence-electron chi connectivity index (χ2n) is 8.06. The SMILES string of the molecule is CCOC(=O)C1=C(c2ccccc2)N=C2SC(C#N)=C(N)N2[C@H]1c1ccc(-c2ccc(Cl)cc2[N+](=O)[O-])o1. The summed E-state index contributed by atoms with van der Waals surface area (Å²) < 4.78 is 11.6. The number of carbonyl (C=O) groups is 1. The van der Waals surface area contributed by atoms with Gasteiger partial charge in [-0.3, -0.25) is 15.0 Å². The summed E-state index contributed by atoms with van der Waals surface area (Å²) in [6.45, 7) is 1.79. The van der Waals surface area contributed by atoms with Crippen molar-refractivity contribution in [1.82, 2.24) is 4.90 Å². The van der Waals surface area contributed by atoms with E-state index in [2.05, 4.69) is 6.07 Å². The number of amidine groups is 1. The van der Waals surface area contributed by atoms with Crippen LogP contribution in [-0.4, -0.2) is 27.6 Å². The fourth-order valence-electron chi connectivity index (χ4n) is 4.24. The second kappa shape index (κ2) is 10.1. The molecule has 1 aromatic heterocycles. The lowest BCUT2D eigenvalue weighted by Gasteiger charge is -2.33. The first-order chi connectivity index (χ1) is 18.3. The third-order valence-electron chi connectivity index (χ3n) is 5.85. The first-order valence-corrected chi connectivity index (χ1v) is 12.5. The summed E-state index contributed by atoms with van der Waals surface area (Å²) in [4.78, 5) is 31.0. The van der Waals surface area contributed by atoms with E-state index in [0.29, 0.717) is 16.4 Å². The fraction of sp³-hybridized carbons (Fsp3) is 0.115. The molecule has 0 unspecified atom stereocenters. The molecule has 3 heterocycles. The maximum Gasteiger partial charge on any atom is 0.338 e. The average Bonchev–Trinajstić information content (AvgIpc) is 3.53. The highest BCUT2D eigenvalue weighted by atomic mass is 35.5. The van der Waals surface area contributed by atoms with Gasteiger partial charge in [0, 0.05) is 16.7 Å². The minimum absolute atomic E-state index is 0.102. The Kier molecular flexibility index (Phi) is 6.67. The van der Waals surface area contributed by atoms with E-state index in [0.717, 1.165) is 11.8 Å². The van der Waals surface area contributed by atoms with Crippen molar-refractivity contribution >= 4 is 45.9 Å². The highest BCUT2D eigenvalue weighted by Crippen LogP contribution is 2.48. The third kappa shape index (κ3) is 4.30. The van der Waals surface area contributed by atoms with E-state index in [1.807, 2.05) is 18.2 Å². The van der Waals surface area contributed by atoms with Gasteiger partial charge in [-0.1, -0.05) is 41.9 Å². The molecule has 2 aliphatic heterocycles. The number of esters is 1. The lowest BCUT2D eigenvalue weighted by Crippen LogP contribution is -2.38. The highest BCUT2D eigenvalue weighted by molar-refractivity contribution is 8.17. The maximum absolute atomic E-state index is 13.4. The molecule has 12 heteroatoms. The zero-order valence-electron chi connectivity index (χ0n) is 19.8. The van der Waals surface area contributed by atoms with Gasteiger partial charge in [-0.2, -0.15) is 5.26 Å². The number of nitrogens with zero attached hydrogens (tertiary/aromatic N) is 4. The standard InChI is InChI=1S/C26H18ClN5O5S/c1-2-36-25(33)21-22(14-6-4-3-5-7-14)30-26-31(24(29)20(13-28)38-26)23(21)19-11-10-18(37-19)16-9-8-15(27)12-17(16)32(34)35/h3-12,23H,2,29H2,1H3/t23-/m0/s1. The summed E-state index contributed by atoms with van der Waals surface area (Å²) in [5.74, 6) is -0.106. The highest BCUT2D eigenvalue weighted by Gasteiger charge is 2.45. The van der Waals surface area contributed by atoms with Crippen molar-refractivity contribution in [1.29, 1.82) is 5.26 Å². The van der Waals surface area contributed by atoms with Crippen molar-refractivity contribution in [2.75, 3.05) is 6.61 Å². The molecular formula is C26H18ClN5O5S. The molecule has 0 saturated heterocycles. The van der Waals surface area contributed by atoms with Crippen LogP contribution in [0.3, 0.4) is 0 Å². The second-order valence-corrected chi connectivity index (χ2v) is 9.48. The maximum atomic E-state index is 13.4. The lowest BCUT2D eigenvalue weighted by molar-refractivity contribution is -0.384. The molecule has 38 heavy (non-hydrogen) atoms. The predicted molar refractivity (Wildman–Crippen MR) is 142 cm³/mol. The molecule has 190 valence electrons. The first-order valence-electron chi connectivity index (χ1n) is 11.3. The number of furan rings is 1. The average molecular weight is 548 g/mol. The number of halogens is 1. The summed E-state index contributed by atoms with van der Waals surface area (Å²) in [5, 5.41) is 21.9. The third-order valence-corrected chi connectivity index (χ3v) is 7.06. The predicted octanol–water partition coefficient (Wildman–Crippen LogP) is 5.59. The Morgan fingerprint density at radius 1 is 1.29 bits per heavy atom. The number of nitro benzene ring substituents is 1. The Morgan fingerprint density at radius 2 is 2.05 bits per heavy atom. The summed E-state index contributed by atoms with van der Waals surface area (Å²) >= 11 is 7.05. The van der Waals surface area contributed by atoms with Gasteiger partial charge in [-0.25, -0.2) is 9.79 Å². The monoisotopic (exact) mass is 547 g/mol. The van der Waals surface area contributed by atoms with Gasteiger partial charge in [0.15, 0.2) is 5.17 Å². The van der Waals surface area contributed by atoms with Gasteiger partial charge < -0.3 is 14.9 Å². The van der Waals surface area contributed by atoms with E-state index >= 15 is 0 Å². The van der Waals surface area contributed by atoms with Crippen molar-refractivity contribution in [2.24, 2.45) is 10.7 Å². The van der Waals surface area contributed by atoms with Crippen LogP contribution in [0.1, 0.15) is 24.3 Å². The van der Waals surface area contributed by atoms with E-state index in [1.165, 1.54) is 18.2 Å². The molecule has 0 radical (unpaired) electrons. The Morgan fingerprint density at radius 3 is 2.74 bits per heavy atom. The van der Waals surface area contributed by atoms with E-state index in [1.54, 1.807) is 36.1 Å². The van der Waals surface area contributed by atoms with Crippen LogP contribution in [-0.2, 0) is 9.53 Å². The van der Waals surface area contributed by atoms with Gasteiger partial charge in [0.1, 0.15) is 34.4 Å². The topological polar surface area (TPSA) is 148 Å². The number of hydrogen-bond donors (Lipinski definition) is 1. The van der Waals surface area contributed by atoms with Crippen LogP contribution < -0.4 is 5.73 Å². The molecule has 3 aromatic rings. The van der Waals surface area contributed by atoms with Crippen molar-refractivity contribution in [3.63, 3.8) is 0 Å². The van der Waals surface area contributed by atoms with Crippen molar-refractivity contribution in [3.05, 3.63) is 103 Å². The molecule has 2 N–H and O–H groups in total. The molecule has 0 saturated carbocycles. The Labute approximate surface area is 225 Å². The van der Waals surface area contributed by atoms with E-state index in [9.17, 15) is 20.2 Å². The molecule has 0 amide bonds. The number of ether oxygens (including phenoxy) is 1. The van der Waals surface area contributed by atoms with Crippen molar-refractivity contribution < 1.29 is 18.9 Å². The number of allylic oxidation sites excluding steroid dienone is 1. The summed E-state index contributed by atoms with van der Waals surface area (Å²) in [5.41, 5.74) is 7.46. The Balaban J connectivity index is 1.73. The fourth-order valence-corrected chi connectivity index (χ4v) is 5.27. The molecule has 5 rings (SSSR count).